The van der Waals surface area contributed by atoms with Crippen molar-refractivity contribution in [1.29, 1.82) is 5.26 Å². The van der Waals surface area contributed by atoms with Gasteiger partial charge in [-0.05, 0) is 72.4 Å². The predicted molar refractivity (Wildman–Crippen MR) is 103 cm³/mol. The smallest absolute Gasteiger partial charge is 0.357 e. The van der Waals surface area contributed by atoms with Crippen LogP contribution in [0.25, 0.3) is 0 Å². The van der Waals surface area contributed by atoms with Gasteiger partial charge in [0.25, 0.3) is 0 Å². The first-order chi connectivity index (χ1) is 12.5. The van der Waals surface area contributed by atoms with E-state index in [0.29, 0.717) is 28.3 Å². The molecule has 0 radical (unpaired) electrons. The molecule has 4 nitrogen and oxygen atoms in total. The Morgan fingerprint density at radius 2 is 1.77 bits per heavy atom. The number of nitriles is 1. The fourth-order valence-corrected chi connectivity index (χ4v) is 4.06. The summed E-state index contributed by atoms with van der Waals surface area (Å²) in [5.41, 5.74) is 1.66. The number of rotatable bonds is 9. The lowest BCUT2D eigenvalue weighted by molar-refractivity contribution is -0.136. The van der Waals surface area contributed by atoms with E-state index >= 15 is 0 Å². The molecule has 0 aromatic heterocycles. The lowest BCUT2D eigenvalue weighted by Gasteiger charge is -2.18. The number of aliphatic carboxylic acids is 1. The summed E-state index contributed by atoms with van der Waals surface area (Å²) >= 11 is 4.23. The van der Waals surface area contributed by atoms with Gasteiger partial charge in [-0.2, -0.15) is 5.26 Å². The van der Waals surface area contributed by atoms with Gasteiger partial charge in [0.1, 0.15) is 0 Å². The number of hydrogen-bond donors (Lipinski definition) is 1. The summed E-state index contributed by atoms with van der Waals surface area (Å²) in [5, 5.41) is 18.0. The normalized spacial score (nSPS) is 13.0. The predicted octanol–water partition coefficient (Wildman–Crippen LogP) is 4.58. The third-order valence-electron chi connectivity index (χ3n) is 4.09. The first-order valence-corrected chi connectivity index (χ1v) is 9.98. The third kappa shape index (κ3) is 6.06. The second-order valence-electron chi connectivity index (χ2n) is 5.99. The molecule has 0 fully saturated rings. The maximum absolute atomic E-state index is 12.5. The lowest BCUT2D eigenvalue weighted by Crippen LogP contribution is -2.30. The highest BCUT2D eigenvalue weighted by Crippen LogP contribution is 2.22. The van der Waals surface area contributed by atoms with Crippen LogP contribution >= 0.6 is 11.6 Å². The van der Waals surface area contributed by atoms with Crippen LogP contribution in [0.3, 0.4) is 0 Å². The summed E-state index contributed by atoms with van der Waals surface area (Å²) in [6.45, 7) is 0. The molecule has 0 bridgehead atoms. The third-order valence-corrected chi connectivity index (χ3v) is 6.04. The molecule has 2 unspecified atom stereocenters. The second kappa shape index (κ2) is 10.2. The minimum atomic E-state index is -1.63. The highest BCUT2D eigenvalue weighted by atomic mass is 35.5. The minimum Gasteiger partial charge on any atom is -0.611 e. The van der Waals surface area contributed by atoms with Crippen molar-refractivity contribution in [2.45, 2.75) is 42.2 Å². The van der Waals surface area contributed by atoms with Gasteiger partial charge < -0.3 is 9.66 Å². The SMILES string of the molecule is N#Cc1ccc([S+]([O-])C(CCCCCc2ccc(Cl)cc2)C(=O)O)cc1. The number of hydrogen-bond acceptors (Lipinski definition) is 3. The van der Waals surface area contributed by atoms with Crippen molar-refractivity contribution in [3.05, 3.63) is 64.7 Å². The second-order valence-corrected chi connectivity index (χ2v) is 8.06. The van der Waals surface area contributed by atoms with Crippen molar-refractivity contribution in [2.24, 2.45) is 0 Å². The number of unbranched alkanes of at least 4 members (excludes halogenated alkanes) is 2. The van der Waals surface area contributed by atoms with Crippen molar-refractivity contribution in [3.63, 3.8) is 0 Å². The van der Waals surface area contributed by atoms with E-state index in [1.807, 2.05) is 30.3 Å². The summed E-state index contributed by atoms with van der Waals surface area (Å²) in [7, 11) is 0. The molecule has 0 aliphatic rings. The molecule has 0 aliphatic heterocycles. The fourth-order valence-electron chi connectivity index (χ4n) is 2.64. The zero-order valence-electron chi connectivity index (χ0n) is 14.2. The summed E-state index contributed by atoms with van der Waals surface area (Å²) in [6, 6.07) is 15.9. The van der Waals surface area contributed by atoms with E-state index < -0.39 is 22.4 Å². The topological polar surface area (TPSA) is 84.1 Å². The van der Waals surface area contributed by atoms with E-state index in [4.69, 9.17) is 16.9 Å². The van der Waals surface area contributed by atoms with Gasteiger partial charge in [0, 0.05) is 11.4 Å². The van der Waals surface area contributed by atoms with Gasteiger partial charge in [-0.1, -0.05) is 30.2 Å². The number of carbonyl (C=O) groups is 1. The molecule has 2 rings (SSSR count). The molecule has 26 heavy (non-hydrogen) atoms. The Morgan fingerprint density at radius 3 is 2.35 bits per heavy atom. The molecule has 136 valence electrons. The molecule has 0 saturated heterocycles. The monoisotopic (exact) mass is 389 g/mol. The van der Waals surface area contributed by atoms with Crippen molar-refractivity contribution in [2.75, 3.05) is 0 Å². The highest BCUT2D eigenvalue weighted by molar-refractivity contribution is 7.92. The first-order valence-electron chi connectivity index (χ1n) is 8.39. The quantitative estimate of drug-likeness (QED) is 0.502. The molecule has 0 aliphatic carbocycles. The summed E-state index contributed by atoms with van der Waals surface area (Å²) < 4.78 is 12.5. The molecule has 1 N–H and O–H groups in total. The van der Waals surface area contributed by atoms with Gasteiger partial charge in [-0.15, -0.1) is 0 Å². The van der Waals surface area contributed by atoms with E-state index in [9.17, 15) is 14.5 Å². The zero-order valence-corrected chi connectivity index (χ0v) is 15.8. The molecule has 2 aromatic carbocycles. The van der Waals surface area contributed by atoms with Crippen LogP contribution in [0.4, 0.5) is 0 Å². The van der Waals surface area contributed by atoms with Gasteiger partial charge in [0.15, 0.2) is 4.90 Å². The number of carboxylic acid groups (broad SMARTS) is 1. The van der Waals surface area contributed by atoms with Crippen molar-refractivity contribution in [1.82, 2.24) is 0 Å². The number of aryl methyl sites for hydroxylation is 1. The average Bonchev–Trinajstić information content (AvgIpc) is 2.65. The molecule has 0 heterocycles. The average molecular weight is 390 g/mol. The largest absolute Gasteiger partial charge is 0.611 e. The summed E-state index contributed by atoms with van der Waals surface area (Å²) in [5.74, 6) is -1.05. The van der Waals surface area contributed by atoms with E-state index in [1.54, 1.807) is 24.3 Å². The van der Waals surface area contributed by atoms with Crippen LogP contribution in [-0.4, -0.2) is 20.9 Å². The molecule has 0 saturated carbocycles. The Bertz CT molecular complexity index is 756. The zero-order chi connectivity index (χ0) is 18.9. The molecule has 0 amide bonds. The van der Waals surface area contributed by atoms with Crippen LogP contribution in [0.1, 0.15) is 36.8 Å². The highest BCUT2D eigenvalue weighted by Gasteiger charge is 2.31. The minimum absolute atomic E-state index is 0.364. The molecule has 2 atom stereocenters. The summed E-state index contributed by atoms with van der Waals surface area (Å²) in [4.78, 5) is 11.9. The van der Waals surface area contributed by atoms with E-state index in [0.717, 1.165) is 19.3 Å². The summed E-state index contributed by atoms with van der Waals surface area (Å²) in [6.07, 6.45) is 3.79. The van der Waals surface area contributed by atoms with Crippen LogP contribution in [0, 0.1) is 11.3 Å². The first kappa shape index (κ1) is 20.3. The number of carboxylic acids is 1. The van der Waals surface area contributed by atoms with Gasteiger partial charge in [-0.25, -0.2) is 4.79 Å². The van der Waals surface area contributed by atoms with E-state index in [-0.39, 0.29) is 0 Å². The van der Waals surface area contributed by atoms with Crippen molar-refractivity contribution >= 4 is 28.7 Å². The van der Waals surface area contributed by atoms with Gasteiger partial charge in [-0.3, -0.25) is 0 Å². The van der Waals surface area contributed by atoms with Crippen LogP contribution in [0.5, 0.6) is 0 Å². The van der Waals surface area contributed by atoms with E-state index in [2.05, 4.69) is 0 Å². The lowest BCUT2D eigenvalue weighted by atomic mass is 10.1. The maximum Gasteiger partial charge on any atom is 0.357 e. The maximum atomic E-state index is 12.5. The Balaban J connectivity index is 1.82. The standard InChI is InChI=1S/C20H20ClNO3S/c21-17-10-6-15(7-11-17)4-2-1-3-5-19(20(23)24)26(25)18-12-8-16(14-22)9-13-18/h6-13,19H,1-5H2,(H,23,24). The van der Waals surface area contributed by atoms with Gasteiger partial charge in [0.2, 0.25) is 5.25 Å². The Kier molecular flexibility index (Phi) is 7.99. The molecule has 0 spiro atoms. The molecular formula is C20H20ClNO3S. The Morgan fingerprint density at radius 1 is 1.12 bits per heavy atom. The van der Waals surface area contributed by atoms with Crippen LogP contribution in [0.15, 0.2) is 53.4 Å². The van der Waals surface area contributed by atoms with Crippen LogP contribution in [-0.2, 0) is 22.4 Å². The van der Waals surface area contributed by atoms with Gasteiger partial charge in [0.05, 0.1) is 11.6 Å². The Hall–Kier alpha value is -2.00. The molecule has 2 aromatic rings. The van der Waals surface area contributed by atoms with Crippen molar-refractivity contribution in [3.8, 4) is 6.07 Å². The molecule has 6 heteroatoms. The number of benzene rings is 2. The van der Waals surface area contributed by atoms with Crippen LogP contribution < -0.4 is 0 Å². The van der Waals surface area contributed by atoms with Crippen molar-refractivity contribution < 1.29 is 14.5 Å². The Labute approximate surface area is 161 Å². The number of nitrogens with zero attached hydrogens (tertiary/aromatic N) is 1. The number of halogens is 1. The fraction of sp³-hybridized carbons (Fsp3) is 0.300. The van der Waals surface area contributed by atoms with E-state index in [1.165, 1.54) is 5.56 Å². The van der Waals surface area contributed by atoms with Crippen LogP contribution in [0.2, 0.25) is 5.02 Å². The molecular weight excluding hydrogens is 370 g/mol. The van der Waals surface area contributed by atoms with Gasteiger partial charge >= 0.3 is 5.97 Å².